The second-order valence-corrected chi connectivity index (χ2v) is 10.6. The summed E-state index contributed by atoms with van der Waals surface area (Å²) in [6.07, 6.45) is 0. The van der Waals surface area contributed by atoms with Gasteiger partial charge >= 0.3 is 30.2 Å². The molecule has 0 unspecified atom stereocenters. The Balaban J connectivity index is 0.000000234. The van der Waals surface area contributed by atoms with Crippen molar-refractivity contribution in [2.24, 2.45) is 0 Å². The third kappa shape index (κ3) is 12.0. The van der Waals surface area contributed by atoms with Crippen molar-refractivity contribution in [3.8, 4) is 22.3 Å². The maximum absolute atomic E-state index is 3.06. The molecule has 0 spiro atoms. The van der Waals surface area contributed by atoms with Crippen LogP contribution in [0.1, 0.15) is 11.1 Å². The van der Waals surface area contributed by atoms with E-state index in [2.05, 4.69) is 154 Å². The van der Waals surface area contributed by atoms with Gasteiger partial charge in [0.25, 0.3) is 0 Å². The minimum Gasteiger partial charge on any atom is -0.184 e. The zero-order valence-electron chi connectivity index (χ0n) is 28.3. The number of hydrogen-bond acceptors (Lipinski definition) is 0. The first kappa shape index (κ1) is 39.8. The van der Waals surface area contributed by atoms with Crippen molar-refractivity contribution < 1.29 is 23.3 Å². The molecule has 240 valence electrons. The molecule has 8 rings (SSSR count). The van der Waals surface area contributed by atoms with Crippen molar-refractivity contribution in [2.75, 3.05) is 0 Å². The summed E-state index contributed by atoms with van der Waals surface area (Å²) in [6.45, 7) is 7.36. The number of fused-ring (bicyclic) bond motifs is 2. The summed E-state index contributed by atoms with van der Waals surface area (Å²) >= 11 is 1.36. The second-order valence-electron chi connectivity index (χ2n) is 10.6. The van der Waals surface area contributed by atoms with Gasteiger partial charge in [0.05, 0.1) is 0 Å². The molecule has 8 aromatic rings. The number of hydrogen-bond donors (Lipinski definition) is 0. The van der Waals surface area contributed by atoms with E-state index >= 15 is 0 Å². The third-order valence-corrected chi connectivity index (χ3v) is 7.17. The Hall–Kier alpha value is -4.36. The van der Waals surface area contributed by atoms with Crippen molar-refractivity contribution in [3.63, 3.8) is 0 Å². The van der Waals surface area contributed by atoms with Crippen LogP contribution in [0, 0.1) is 40.8 Å². The van der Waals surface area contributed by atoms with Crippen molar-refractivity contribution >= 4 is 28.4 Å². The smallest absolute Gasteiger partial charge is 0.171 e. The van der Waals surface area contributed by atoms with Crippen LogP contribution in [0.2, 0.25) is 0 Å². The summed E-state index contributed by atoms with van der Waals surface area (Å²) in [4.78, 5) is 0. The number of rotatable bonds is 2. The average molecular weight is 714 g/mol. The van der Waals surface area contributed by atoms with Gasteiger partial charge in [-0.05, 0) is 11.1 Å². The Morgan fingerprint density at radius 2 is 0.771 bits per heavy atom. The Morgan fingerprint density at radius 3 is 1.06 bits per heavy atom. The molecule has 0 aliphatic rings. The Labute approximate surface area is 306 Å². The van der Waals surface area contributed by atoms with E-state index in [-0.39, 0.29) is 14.9 Å². The first-order chi connectivity index (χ1) is 22.7. The summed E-state index contributed by atoms with van der Waals surface area (Å²) in [7, 11) is 0. The van der Waals surface area contributed by atoms with Gasteiger partial charge in [0.15, 0.2) is 0 Å². The molecule has 0 nitrogen and oxygen atoms in total. The molecule has 2 radical (unpaired) electrons. The van der Waals surface area contributed by atoms with Crippen LogP contribution in [-0.4, -0.2) is 6.88 Å². The van der Waals surface area contributed by atoms with Gasteiger partial charge in [-0.25, -0.2) is 0 Å². The predicted molar refractivity (Wildman–Crippen MR) is 209 cm³/mol. The third-order valence-electron chi connectivity index (χ3n) is 7.17. The summed E-state index contributed by atoms with van der Waals surface area (Å²) < 4.78 is 0. The van der Waals surface area contributed by atoms with Crippen molar-refractivity contribution in [3.05, 3.63) is 220 Å². The Bertz CT molecular complexity index is 1770. The van der Waals surface area contributed by atoms with Gasteiger partial charge < -0.3 is 14.9 Å². The van der Waals surface area contributed by atoms with Gasteiger partial charge in [0.2, 0.25) is 0 Å². The molecule has 0 N–H and O–H groups in total. The number of aryl methyl sites for hydroxylation is 2. The van der Waals surface area contributed by atoms with E-state index < -0.39 is 0 Å². The van der Waals surface area contributed by atoms with Gasteiger partial charge in [-0.15, -0.1) is 69.1 Å². The first-order valence-corrected chi connectivity index (χ1v) is 19.4. The standard InChI is InChI=1S/2C16H13.2C6H5.2CH3.Si.Zr/c2*1-12-10-14-8-5-9-15(16(14)11-12)13-6-3-2-4-7-13;2*1-2-4-6-5-3-1;;;;/h2*2-11H,1H3;2*1-5H;2*1H3;;/q6*-1;;. The van der Waals surface area contributed by atoms with E-state index in [9.17, 15) is 0 Å². The van der Waals surface area contributed by atoms with E-state index in [1.165, 1.54) is 78.3 Å². The van der Waals surface area contributed by atoms with E-state index in [1.54, 1.807) is 0 Å². The van der Waals surface area contributed by atoms with Gasteiger partial charge in [-0.3, -0.25) is 0 Å². The van der Waals surface area contributed by atoms with Gasteiger partial charge in [0.1, 0.15) is 0 Å². The molecule has 0 saturated carbocycles. The van der Waals surface area contributed by atoms with Crippen LogP contribution in [0.4, 0.5) is 0 Å². The summed E-state index contributed by atoms with van der Waals surface area (Å²) in [5.74, 6) is 0. The minimum atomic E-state index is 0. The van der Waals surface area contributed by atoms with Gasteiger partial charge in [-0.2, -0.15) is 84.9 Å². The fourth-order valence-corrected chi connectivity index (χ4v) is 5.19. The molecule has 0 aromatic heterocycles. The van der Waals surface area contributed by atoms with Crippen LogP contribution in [-0.2, 0) is 23.3 Å². The van der Waals surface area contributed by atoms with Crippen LogP contribution < -0.4 is 0 Å². The zero-order chi connectivity index (χ0) is 32.4. The minimum absolute atomic E-state index is 0. The van der Waals surface area contributed by atoms with Crippen molar-refractivity contribution in [1.82, 2.24) is 0 Å². The largest absolute Gasteiger partial charge is 0.184 e. The van der Waals surface area contributed by atoms with Crippen LogP contribution >= 0.6 is 0 Å². The SMILES string of the molecule is Cc1cc2c(-c3ccccc3)cccc2[cH-]1.Cc1cc2c(-c3ccccc3)cccc2[cH-]1.[CH3-].[CH3-].[Si]=[Zr].[c-]1ccccc1.[c-]1ccccc1. The number of benzene rings is 6. The fraction of sp³-hybridized carbons (Fsp3) is 0.0435. The van der Waals surface area contributed by atoms with Crippen molar-refractivity contribution in [1.29, 1.82) is 0 Å². The van der Waals surface area contributed by atoms with Gasteiger partial charge in [-0.1, -0.05) is 97.8 Å². The second kappa shape index (κ2) is 22.3. The van der Waals surface area contributed by atoms with Crippen molar-refractivity contribution in [2.45, 2.75) is 13.8 Å². The molecule has 0 atom stereocenters. The first-order valence-electron chi connectivity index (χ1n) is 15.2. The summed E-state index contributed by atoms with van der Waals surface area (Å²) in [5.41, 5.74) is 7.89. The molecule has 8 aromatic carbocycles. The molecule has 0 bridgehead atoms. The molecular formula is C46H42SiZr-6. The van der Waals surface area contributed by atoms with Gasteiger partial charge in [0, 0.05) is 0 Å². The Morgan fingerprint density at radius 1 is 0.438 bits per heavy atom. The van der Waals surface area contributed by atoms with Crippen LogP contribution in [0.15, 0.2) is 182 Å². The van der Waals surface area contributed by atoms with E-state index in [0.717, 1.165) is 0 Å². The zero-order valence-corrected chi connectivity index (χ0v) is 31.8. The fourth-order valence-electron chi connectivity index (χ4n) is 5.19. The van der Waals surface area contributed by atoms with Crippen LogP contribution in [0.5, 0.6) is 0 Å². The van der Waals surface area contributed by atoms with Crippen LogP contribution in [0.3, 0.4) is 0 Å². The average Bonchev–Trinajstić information content (AvgIpc) is 3.73. The topological polar surface area (TPSA) is 0 Å². The monoisotopic (exact) mass is 712 g/mol. The molecule has 0 amide bonds. The molecule has 0 aliphatic heterocycles. The maximum Gasteiger partial charge on any atom is -0.171 e. The molecule has 0 saturated heterocycles. The molecule has 2 heteroatoms. The summed E-state index contributed by atoms with van der Waals surface area (Å²) in [6, 6.07) is 68.1. The van der Waals surface area contributed by atoms with Crippen LogP contribution in [0.25, 0.3) is 43.8 Å². The summed E-state index contributed by atoms with van der Waals surface area (Å²) in [5, 5.41) is 5.37. The molecule has 0 aliphatic carbocycles. The molecule has 48 heavy (non-hydrogen) atoms. The normalized spacial score (nSPS) is 9.27. The molecule has 0 fully saturated rings. The predicted octanol–water partition coefficient (Wildman–Crippen LogP) is 12.6. The van der Waals surface area contributed by atoms with E-state index in [1.807, 2.05) is 60.7 Å². The Kier molecular flexibility index (Phi) is 18.5. The molecular weight excluding hydrogens is 672 g/mol. The van der Waals surface area contributed by atoms with E-state index in [4.69, 9.17) is 0 Å². The maximum atomic E-state index is 3.06. The quantitative estimate of drug-likeness (QED) is 0.124. The molecule has 0 heterocycles. The van der Waals surface area contributed by atoms with E-state index in [0.29, 0.717) is 0 Å².